The fourth-order valence-electron chi connectivity index (χ4n) is 2.60. The molecule has 0 aliphatic rings. The first-order valence-electron chi connectivity index (χ1n) is 8.35. The molecule has 0 aliphatic heterocycles. The van der Waals surface area contributed by atoms with Crippen LogP contribution in [0.2, 0.25) is 5.02 Å². The number of hydrogen-bond acceptors (Lipinski definition) is 6. The topological polar surface area (TPSA) is 113 Å². The monoisotopic (exact) mass is 430 g/mol. The molecule has 0 radical (unpaired) electrons. The summed E-state index contributed by atoms with van der Waals surface area (Å²) in [6, 6.07) is 16.0. The summed E-state index contributed by atoms with van der Waals surface area (Å²) in [6.07, 6.45) is 0. The number of para-hydroxylation sites is 1. The summed E-state index contributed by atoms with van der Waals surface area (Å²) in [5.74, 6) is -1.64. The van der Waals surface area contributed by atoms with E-state index in [1.54, 1.807) is 18.2 Å². The quantitative estimate of drug-likeness (QED) is 0.260. The number of anilines is 1. The summed E-state index contributed by atoms with van der Waals surface area (Å²) in [4.78, 5) is 23.5. The predicted molar refractivity (Wildman–Crippen MR) is 111 cm³/mol. The first-order valence-corrected chi connectivity index (χ1v) is 9.54. The van der Waals surface area contributed by atoms with Crippen LogP contribution < -0.4 is 5.32 Å². The number of aromatic hydroxyl groups is 1. The Morgan fingerprint density at radius 1 is 1.14 bits per heavy atom. The number of nitrogens with zero attached hydrogens (tertiary/aromatic N) is 1. The zero-order chi connectivity index (χ0) is 21.0. The first kappa shape index (κ1) is 20.5. The Morgan fingerprint density at radius 2 is 1.86 bits per heavy atom. The molecule has 7 nitrogen and oxygen atoms in total. The van der Waals surface area contributed by atoms with Crippen LogP contribution in [-0.4, -0.2) is 21.1 Å². The second kappa shape index (κ2) is 8.85. The van der Waals surface area contributed by atoms with Crippen molar-refractivity contribution in [3.8, 4) is 5.75 Å². The number of nitro groups is 1. The van der Waals surface area contributed by atoms with Gasteiger partial charge in [0.05, 0.1) is 10.6 Å². The number of benzene rings is 3. The van der Waals surface area contributed by atoms with Crippen molar-refractivity contribution in [1.29, 1.82) is 0 Å². The van der Waals surface area contributed by atoms with E-state index >= 15 is 0 Å². The van der Waals surface area contributed by atoms with Gasteiger partial charge in [0.25, 0.3) is 5.69 Å². The molecule has 0 saturated heterocycles. The molecule has 9 heteroatoms. The van der Waals surface area contributed by atoms with Crippen LogP contribution in [-0.2, 0) is 6.54 Å². The summed E-state index contributed by atoms with van der Waals surface area (Å²) >= 11 is 7.32. The van der Waals surface area contributed by atoms with Crippen LogP contribution in [0.5, 0.6) is 5.75 Å². The van der Waals surface area contributed by atoms with Crippen LogP contribution >= 0.6 is 23.4 Å². The summed E-state index contributed by atoms with van der Waals surface area (Å²) in [7, 11) is 0. The number of phenols is 1. The molecule has 0 amide bonds. The SMILES string of the molecule is O=C(O)c1cccc(NCc2cc([N+](=O)[O-])ccc2Sc2ccc(Cl)cc2)c1O. The minimum absolute atomic E-state index is 0.0641. The average molecular weight is 431 g/mol. The van der Waals surface area contributed by atoms with Crippen LogP contribution in [0.3, 0.4) is 0 Å². The molecule has 0 saturated carbocycles. The van der Waals surface area contributed by atoms with E-state index in [9.17, 15) is 20.0 Å². The molecule has 0 fully saturated rings. The number of hydrogen-bond donors (Lipinski definition) is 3. The first-order chi connectivity index (χ1) is 13.8. The van der Waals surface area contributed by atoms with Gasteiger partial charge in [0.1, 0.15) is 5.56 Å². The molecule has 3 aromatic carbocycles. The highest BCUT2D eigenvalue weighted by atomic mass is 35.5. The van der Waals surface area contributed by atoms with Gasteiger partial charge in [-0.05, 0) is 48.0 Å². The largest absolute Gasteiger partial charge is 0.505 e. The van der Waals surface area contributed by atoms with Gasteiger partial charge >= 0.3 is 5.97 Å². The van der Waals surface area contributed by atoms with E-state index in [1.165, 1.54) is 42.1 Å². The fourth-order valence-corrected chi connectivity index (χ4v) is 3.65. The van der Waals surface area contributed by atoms with Gasteiger partial charge in [-0.3, -0.25) is 10.1 Å². The van der Waals surface area contributed by atoms with E-state index in [-0.39, 0.29) is 23.5 Å². The Morgan fingerprint density at radius 3 is 2.52 bits per heavy atom. The second-order valence-electron chi connectivity index (χ2n) is 5.97. The number of nitrogens with one attached hydrogen (secondary N) is 1. The van der Waals surface area contributed by atoms with Gasteiger partial charge in [0.15, 0.2) is 5.75 Å². The Bertz CT molecular complexity index is 1070. The average Bonchev–Trinajstić information content (AvgIpc) is 2.69. The van der Waals surface area contributed by atoms with Crippen molar-refractivity contribution in [2.24, 2.45) is 0 Å². The molecule has 148 valence electrons. The lowest BCUT2D eigenvalue weighted by atomic mass is 10.1. The highest BCUT2D eigenvalue weighted by Crippen LogP contribution is 2.34. The summed E-state index contributed by atoms with van der Waals surface area (Å²) < 4.78 is 0. The lowest BCUT2D eigenvalue weighted by Crippen LogP contribution is -2.04. The maximum Gasteiger partial charge on any atom is 0.339 e. The minimum Gasteiger partial charge on any atom is -0.505 e. The lowest BCUT2D eigenvalue weighted by molar-refractivity contribution is -0.385. The predicted octanol–water partition coefficient (Wildman–Crippen LogP) is 5.42. The number of halogens is 1. The maximum absolute atomic E-state index is 11.2. The van der Waals surface area contributed by atoms with Crippen molar-refractivity contribution in [3.63, 3.8) is 0 Å². The van der Waals surface area contributed by atoms with Crippen LogP contribution in [0.25, 0.3) is 0 Å². The molecule has 0 unspecified atom stereocenters. The Kier molecular flexibility index (Phi) is 6.26. The van der Waals surface area contributed by atoms with Crippen LogP contribution in [0, 0.1) is 10.1 Å². The molecule has 3 rings (SSSR count). The number of aromatic carboxylic acids is 1. The van der Waals surface area contributed by atoms with E-state index in [4.69, 9.17) is 16.7 Å². The molecule has 0 aromatic heterocycles. The van der Waals surface area contributed by atoms with Gasteiger partial charge in [-0.15, -0.1) is 0 Å². The molecule has 3 aromatic rings. The molecule has 0 heterocycles. The number of carboxylic acid groups (broad SMARTS) is 1. The molecule has 0 bridgehead atoms. The zero-order valence-electron chi connectivity index (χ0n) is 14.8. The summed E-state index contributed by atoms with van der Waals surface area (Å²) in [5.41, 5.74) is 0.550. The standard InChI is InChI=1S/C20H15ClN2O5S/c21-13-4-7-15(8-5-13)29-18-9-6-14(23(27)28)10-12(18)11-22-17-3-1-2-16(19(17)24)20(25)26/h1-10,22,24H,11H2,(H,25,26). The smallest absolute Gasteiger partial charge is 0.339 e. The fraction of sp³-hybridized carbons (Fsp3) is 0.0500. The Hall–Kier alpha value is -3.23. The molecular weight excluding hydrogens is 416 g/mol. The maximum atomic E-state index is 11.2. The third-order valence-electron chi connectivity index (χ3n) is 4.03. The molecule has 29 heavy (non-hydrogen) atoms. The van der Waals surface area contributed by atoms with E-state index in [0.717, 1.165) is 9.79 Å². The second-order valence-corrected chi connectivity index (χ2v) is 7.52. The Balaban J connectivity index is 1.89. The third kappa shape index (κ3) is 4.98. The number of non-ortho nitro benzene ring substituents is 1. The number of carbonyl (C=O) groups is 1. The van der Waals surface area contributed by atoms with E-state index in [0.29, 0.717) is 10.6 Å². The van der Waals surface area contributed by atoms with Crippen LogP contribution in [0.1, 0.15) is 15.9 Å². The van der Waals surface area contributed by atoms with Gasteiger partial charge in [0.2, 0.25) is 0 Å². The number of nitro benzene ring substituents is 1. The van der Waals surface area contributed by atoms with Crippen molar-refractivity contribution >= 4 is 40.7 Å². The summed E-state index contributed by atoms with van der Waals surface area (Å²) in [5, 5.41) is 34.0. The van der Waals surface area contributed by atoms with Crippen molar-refractivity contribution < 1.29 is 19.9 Å². The third-order valence-corrected chi connectivity index (χ3v) is 5.41. The van der Waals surface area contributed by atoms with Crippen molar-refractivity contribution in [2.45, 2.75) is 16.3 Å². The minimum atomic E-state index is -1.25. The molecule has 0 atom stereocenters. The number of carboxylic acids is 1. The highest BCUT2D eigenvalue weighted by molar-refractivity contribution is 7.99. The normalized spacial score (nSPS) is 10.5. The van der Waals surface area contributed by atoms with E-state index in [2.05, 4.69) is 5.32 Å². The van der Waals surface area contributed by atoms with Gasteiger partial charge in [-0.25, -0.2) is 4.79 Å². The van der Waals surface area contributed by atoms with E-state index < -0.39 is 16.6 Å². The van der Waals surface area contributed by atoms with Crippen LogP contribution in [0.4, 0.5) is 11.4 Å². The van der Waals surface area contributed by atoms with Gasteiger partial charge in [0, 0.05) is 33.5 Å². The number of rotatable bonds is 7. The Labute approximate surface area is 175 Å². The molecule has 0 aliphatic carbocycles. The van der Waals surface area contributed by atoms with Gasteiger partial charge in [-0.1, -0.05) is 29.4 Å². The zero-order valence-corrected chi connectivity index (χ0v) is 16.4. The molecular formula is C20H15ClN2O5S. The van der Waals surface area contributed by atoms with Crippen molar-refractivity contribution in [1.82, 2.24) is 0 Å². The van der Waals surface area contributed by atoms with E-state index in [1.807, 2.05) is 12.1 Å². The van der Waals surface area contributed by atoms with Crippen molar-refractivity contribution in [2.75, 3.05) is 5.32 Å². The van der Waals surface area contributed by atoms with Crippen LogP contribution in [0.15, 0.2) is 70.5 Å². The molecule has 3 N–H and O–H groups in total. The molecule has 0 spiro atoms. The van der Waals surface area contributed by atoms with Gasteiger partial charge in [-0.2, -0.15) is 0 Å². The van der Waals surface area contributed by atoms with Gasteiger partial charge < -0.3 is 15.5 Å². The summed E-state index contributed by atoms with van der Waals surface area (Å²) in [6.45, 7) is 0.147. The highest BCUT2D eigenvalue weighted by Gasteiger charge is 2.15. The lowest BCUT2D eigenvalue weighted by Gasteiger charge is -2.13. The van der Waals surface area contributed by atoms with Crippen molar-refractivity contribution in [3.05, 3.63) is 86.9 Å².